The SMILES string of the molecule is Cc1ccn(CCCOc2ccc(F)cc2)c(=O)c1. The van der Waals surface area contributed by atoms with Gasteiger partial charge in [0.15, 0.2) is 0 Å². The van der Waals surface area contributed by atoms with Gasteiger partial charge in [-0.3, -0.25) is 4.79 Å². The minimum Gasteiger partial charge on any atom is -0.494 e. The van der Waals surface area contributed by atoms with Gasteiger partial charge in [0.1, 0.15) is 11.6 Å². The molecule has 0 bridgehead atoms. The summed E-state index contributed by atoms with van der Waals surface area (Å²) in [5, 5.41) is 0. The number of ether oxygens (including phenoxy) is 1. The summed E-state index contributed by atoms with van der Waals surface area (Å²) in [6.45, 7) is 3.00. The third-order valence-corrected chi connectivity index (χ3v) is 2.78. The molecule has 0 amide bonds. The van der Waals surface area contributed by atoms with E-state index in [4.69, 9.17) is 4.74 Å². The maximum absolute atomic E-state index is 12.7. The van der Waals surface area contributed by atoms with Gasteiger partial charge >= 0.3 is 0 Å². The van der Waals surface area contributed by atoms with E-state index >= 15 is 0 Å². The average Bonchev–Trinajstić information content (AvgIpc) is 2.39. The molecule has 1 aromatic heterocycles. The number of aryl methyl sites for hydroxylation is 2. The first-order valence-corrected chi connectivity index (χ1v) is 6.20. The number of rotatable bonds is 5. The molecule has 0 saturated heterocycles. The van der Waals surface area contributed by atoms with Crippen LogP contribution in [0.2, 0.25) is 0 Å². The first kappa shape index (κ1) is 13.3. The Labute approximate surface area is 111 Å². The Morgan fingerprint density at radius 1 is 1.21 bits per heavy atom. The van der Waals surface area contributed by atoms with Crippen LogP contribution < -0.4 is 10.3 Å². The Bertz CT molecular complexity index is 590. The van der Waals surface area contributed by atoms with Crippen molar-refractivity contribution in [1.29, 1.82) is 0 Å². The van der Waals surface area contributed by atoms with Crippen molar-refractivity contribution in [3.05, 3.63) is 64.3 Å². The molecular formula is C15H16FNO2. The molecule has 0 N–H and O–H groups in total. The third kappa shape index (κ3) is 3.95. The van der Waals surface area contributed by atoms with Gasteiger partial charge in [-0.2, -0.15) is 0 Å². The van der Waals surface area contributed by atoms with Crippen molar-refractivity contribution in [2.45, 2.75) is 19.9 Å². The van der Waals surface area contributed by atoms with Gasteiger partial charge in [-0.15, -0.1) is 0 Å². The number of pyridine rings is 1. The molecule has 0 saturated carbocycles. The lowest BCUT2D eigenvalue weighted by molar-refractivity contribution is 0.300. The van der Waals surface area contributed by atoms with Crippen LogP contribution in [0.1, 0.15) is 12.0 Å². The van der Waals surface area contributed by atoms with Crippen LogP contribution in [0.3, 0.4) is 0 Å². The van der Waals surface area contributed by atoms with Crippen molar-refractivity contribution in [3.63, 3.8) is 0 Å². The molecule has 100 valence electrons. The van der Waals surface area contributed by atoms with E-state index in [1.54, 1.807) is 29.0 Å². The van der Waals surface area contributed by atoms with Crippen LogP contribution in [0.4, 0.5) is 4.39 Å². The summed E-state index contributed by atoms with van der Waals surface area (Å²) in [6.07, 6.45) is 2.51. The summed E-state index contributed by atoms with van der Waals surface area (Å²) in [4.78, 5) is 11.6. The van der Waals surface area contributed by atoms with Crippen molar-refractivity contribution in [1.82, 2.24) is 4.57 Å². The van der Waals surface area contributed by atoms with Crippen LogP contribution >= 0.6 is 0 Å². The van der Waals surface area contributed by atoms with Gasteiger partial charge in [0, 0.05) is 18.8 Å². The molecule has 4 heteroatoms. The number of hydrogen-bond donors (Lipinski definition) is 0. The molecule has 3 nitrogen and oxygen atoms in total. The van der Waals surface area contributed by atoms with Crippen molar-refractivity contribution in [2.75, 3.05) is 6.61 Å². The van der Waals surface area contributed by atoms with E-state index < -0.39 is 0 Å². The molecular weight excluding hydrogens is 245 g/mol. The molecule has 2 rings (SSSR count). The first-order valence-electron chi connectivity index (χ1n) is 6.20. The predicted octanol–water partition coefficient (Wildman–Crippen LogP) is 2.76. The maximum Gasteiger partial charge on any atom is 0.250 e. The number of hydrogen-bond acceptors (Lipinski definition) is 2. The minimum absolute atomic E-state index is 0.00165. The smallest absolute Gasteiger partial charge is 0.250 e. The number of halogens is 1. The van der Waals surface area contributed by atoms with Crippen molar-refractivity contribution in [2.24, 2.45) is 0 Å². The molecule has 2 aromatic rings. The molecule has 0 spiro atoms. The van der Waals surface area contributed by atoms with Crippen molar-refractivity contribution in [3.8, 4) is 5.75 Å². The van der Waals surface area contributed by atoms with E-state index in [0.717, 1.165) is 12.0 Å². The molecule has 0 atom stereocenters. The van der Waals surface area contributed by atoms with Crippen LogP contribution in [-0.2, 0) is 6.54 Å². The van der Waals surface area contributed by atoms with Gasteiger partial charge in [-0.1, -0.05) is 0 Å². The van der Waals surface area contributed by atoms with Crippen LogP contribution in [-0.4, -0.2) is 11.2 Å². The molecule has 1 heterocycles. The summed E-state index contributed by atoms with van der Waals surface area (Å²) >= 11 is 0. The number of nitrogens with zero attached hydrogens (tertiary/aromatic N) is 1. The highest BCUT2D eigenvalue weighted by atomic mass is 19.1. The second-order valence-corrected chi connectivity index (χ2v) is 4.39. The Kier molecular flexibility index (Phi) is 4.34. The number of benzene rings is 1. The van der Waals surface area contributed by atoms with Crippen LogP contribution in [0.15, 0.2) is 47.4 Å². The molecule has 0 radical (unpaired) electrons. The Morgan fingerprint density at radius 2 is 1.95 bits per heavy atom. The predicted molar refractivity (Wildman–Crippen MR) is 72.0 cm³/mol. The lowest BCUT2D eigenvalue weighted by Crippen LogP contribution is -2.19. The normalized spacial score (nSPS) is 10.4. The number of aromatic nitrogens is 1. The molecule has 0 fully saturated rings. The van der Waals surface area contributed by atoms with Gasteiger partial charge in [0.2, 0.25) is 0 Å². The molecule has 19 heavy (non-hydrogen) atoms. The van der Waals surface area contributed by atoms with Crippen LogP contribution in [0.25, 0.3) is 0 Å². The highest BCUT2D eigenvalue weighted by molar-refractivity contribution is 5.21. The minimum atomic E-state index is -0.279. The fourth-order valence-corrected chi connectivity index (χ4v) is 1.75. The van der Waals surface area contributed by atoms with Crippen molar-refractivity contribution < 1.29 is 9.13 Å². The van der Waals surface area contributed by atoms with Gasteiger partial charge < -0.3 is 9.30 Å². The van der Waals surface area contributed by atoms with E-state index in [-0.39, 0.29) is 11.4 Å². The summed E-state index contributed by atoms with van der Waals surface area (Å²) in [7, 11) is 0. The standard InChI is InChI=1S/C15H16FNO2/c1-12-7-9-17(15(18)11-12)8-2-10-19-14-5-3-13(16)4-6-14/h3-7,9,11H,2,8,10H2,1H3. The zero-order valence-corrected chi connectivity index (χ0v) is 10.8. The Morgan fingerprint density at radius 3 is 2.63 bits per heavy atom. The lowest BCUT2D eigenvalue weighted by atomic mass is 10.3. The van der Waals surface area contributed by atoms with Gasteiger partial charge in [-0.25, -0.2) is 4.39 Å². The van der Waals surface area contributed by atoms with E-state index in [1.165, 1.54) is 12.1 Å². The molecule has 0 aliphatic rings. The summed E-state index contributed by atoms with van der Waals surface area (Å²) in [5.41, 5.74) is 0.964. The monoisotopic (exact) mass is 261 g/mol. The summed E-state index contributed by atoms with van der Waals surface area (Å²) in [5.74, 6) is 0.358. The van der Waals surface area contributed by atoms with E-state index in [0.29, 0.717) is 18.9 Å². The first-order chi connectivity index (χ1) is 9.15. The quantitative estimate of drug-likeness (QED) is 0.775. The fraction of sp³-hybridized carbons (Fsp3) is 0.267. The lowest BCUT2D eigenvalue weighted by Gasteiger charge is -2.08. The van der Waals surface area contributed by atoms with Crippen molar-refractivity contribution >= 4 is 0 Å². The van der Waals surface area contributed by atoms with Gasteiger partial charge in [-0.05, 0) is 49.2 Å². The fourth-order valence-electron chi connectivity index (χ4n) is 1.75. The largest absolute Gasteiger partial charge is 0.494 e. The van der Waals surface area contributed by atoms with E-state index in [9.17, 15) is 9.18 Å². The zero-order chi connectivity index (χ0) is 13.7. The van der Waals surface area contributed by atoms with Crippen LogP contribution in [0.5, 0.6) is 5.75 Å². The van der Waals surface area contributed by atoms with Crippen LogP contribution in [0, 0.1) is 12.7 Å². The highest BCUT2D eigenvalue weighted by Crippen LogP contribution is 2.11. The zero-order valence-electron chi connectivity index (χ0n) is 10.8. The molecule has 0 unspecified atom stereocenters. The maximum atomic E-state index is 12.7. The Balaban J connectivity index is 1.80. The van der Waals surface area contributed by atoms with E-state index in [1.807, 2.05) is 13.0 Å². The van der Waals surface area contributed by atoms with Gasteiger partial charge in [0.05, 0.1) is 6.61 Å². The molecule has 0 aliphatic carbocycles. The second-order valence-electron chi connectivity index (χ2n) is 4.39. The second kappa shape index (κ2) is 6.18. The summed E-state index contributed by atoms with van der Waals surface area (Å²) < 4.78 is 19.8. The topological polar surface area (TPSA) is 31.2 Å². The highest BCUT2D eigenvalue weighted by Gasteiger charge is 1.98. The average molecular weight is 261 g/mol. The Hall–Kier alpha value is -2.10. The van der Waals surface area contributed by atoms with Gasteiger partial charge in [0.25, 0.3) is 5.56 Å². The molecule has 0 aliphatic heterocycles. The van der Waals surface area contributed by atoms with E-state index in [2.05, 4.69) is 0 Å². The molecule has 1 aromatic carbocycles. The third-order valence-electron chi connectivity index (χ3n) is 2.78. The summed E-state index contributed by atoms with van der Waals surface area (Å²) in [6, 6.07) is 9.42.